The Hall–Kier alpha value is -1.05. The van der Waals surface area contributed by atoms with Crippen LogP contribution in [0.4, 0.5) is 0 Å². The minimum Gasteiger partial charge on any atom is -0.391 e. The van der Waals surface area contributed by atoms with Crippen molar-refractivity contribution in [3.63, 3.8) is 0 Å². The van der Waals surface area contributed by atoms with Gasteiger partial charge in [0.25, 0.3) is 0 Å². The number of hydrogen-bond acceptors (Lipinski definition) is 3. The number of aliphatic hydroxyl groups excluding tert-OH is 1. The van der Waals surface area contributed by atoms with E-state index in [0.717, 1.165) is 19.3 Å². The first-order valence-corrected chi connectivity index (χ1v) is 9.61. The van der Waals surface area contributed by atoms with Gasteiger partial charge in [-0.05, 0) is 37.5 Å². The normalized spacial score (nSPS) is 19.5. The molecule has 0 aromatic carbocycles. The molecule has 0 bridgehead atoms. The first kappa shape index (κ1) is 21.0. The third-order valence-electron chi connectivity index (χ3n) is 5.08. The molecule has 1 fully saturated rings. The second-order valence-electron chi connectivity index (χ2n) is 7.74. The van der Waals surface area contributed by atoms with Gasteiger partial charge in [0, 0.05) is 6.42 Å². The molecule has 0 unspecified atom stereocenters. The Labute approximate surface area is 148 Å². The van der Waals surface area contributed by atoms with Crippen LogP contribution in [0.2, 0.25) is 0 Å². The number of amides is 1. The number of hydrogen-bond donors (Lipinski definition) is 3. The van der Waals surface area contributed by atoms with Crippen LogP contribution in [0.3, 0.4) is 0 Å². The number of aliphatic hydroxyl groups is 1. The van der Waals surface area contributed by atoms with Gasteiger partial charge in [0.05, 0.1) is 18.2 Å². The van der Waals surface area contributed by atoms with Crippen molar-refractivity contribution < 1.29 is 9.90 Å². The molecule has 3 atom stereocenters. The van der Waals surface area contributed by atoms with Gasteiger partial charge in [0.1, 0.15) is 0 Å². The number of terminal acetylenes is 1. The maximum absolute atomic E-state index is 12.3. The van der Waals surface area contributed by atoms with E-state index in [9.17, 15) is 9.90 Å². The zero-order valence-corrected chi connectivity index (χ0v) is 15.5. The summed E-state index contributed by atoms with van der Waals surface area (Å²) in [4.78, 5) is 12.3. The predicted molar refractivity (Wildman–Crippen MR) is 99.2 cm³/mol. The Balaban J connectivity index is 2.61. The summed E-state index contributed by atoms with van der Waals surface area (Å²) in [5, 5.41) is 13.6. The molecule has 0 aromatic rings. The molecule has 4 nitrogen and oxygen atoms in total. The van der Waals surface area contributed by atoms with Crippen molar-refractivity contribution >= 4 is 5.91 Å². The monoisotopic (exact) mass is 336 g/mol. The molecule has 0 saturated heterocycles. The molecule has 24 heavy (non-hydrogen) atoms. The van der Waals surface area contributed by atoms with Gasteiger partial charge in [-0.25, -0.2) is 0 Å². The molecule has 138 valence electrons. The maximum atomic E-state index is 12.3. The van der Waals surface area contributed by atoms with Crippen molar-refractivity contribution in [2.45, 2.75) is 96.2 Å². The van der Waals surface area contributed by atoms with Crippen LogP contribution in [0, 0.1) is 24.2 Å². The maximum Gasteiger partial charge on any atom is 0.237 e. The average Bonchev–Trinajstić information content (AvgIpc) is 2.57. The van der Waals surface area contributed by atoms with Crippen LogP contribution < -0.4 is 11.1 Å². The topological polar surface area (TPSA) is 75.4 Å². The van der Waals surface area contributed by atoms with E-state index in [1.54, 1.807) is 0 Å². The van der Waals surface area contributed by atoms with E-state index in [0.29, 0.717) is 24.7 Å². The predicted octanol–water partition coefficient (Wildman–Crippen LogP) is 2.98. The van der Waals surface area contributed by atoms with E-state index in [-0.39, 0.29) is 11.9 Å². The van der Waals surface area contributed by atoms with Crippen molar-refractivity contribution in [3.05, 3.63) is 0 Å². The summed E-state index contributed by atoms with van der Waals surface area (Å²) in [6.07, 6.45) is 14.5. The fourth-order valence-electron chi connectivity index (χ4n) is 3.46. The van der Waals surface area contributed by atoms with Gasteiger partial charge < -0.3 is 16.2 Å². The van der Waals surface area contributed by atoms with E-state index >= 15 is 0 Å². The van der Waals surface area contributed by atoms with Gasteiger partial charge in [-0.1, -0.05) is 46.0 Å². The van der Waals surface area contributed by atoms with Crippen LogP contribution in [0.25, 0.3) is 0 Å². The molecule has 0 spiro atoms. The Bertz CT molecular complexity index is 397. The van der Waals surface area contributed by atoms with Gasteiger partial charge in [-0.15, -0.1) is 12.3 Å². The van der Waals surface area contributed by atoms with Gasteiger partial charge in [0.15, 0.2) is 0 Å². The van der Waals surface area contributed by atoms with E-state index < -0.39 is 12.1 Å². The fourth-order valence-corrected chi connectivity index (χ4v) is 3.46. The molecule has 0 heterocycles. The van der Waals surface area contributed by atoms with Gasteiger partial charge in [-0.2, -0.15) is 0 Å². The Morgan fingerprint density at radius 2 is 1.92 bits per heavy atom. The third kappa shape index (κ3) is 8.17. The molecular formula is C20H36N2O2. The molecule has 1 amide bonds. The van der Waals surface area contributed by atoms with E-state index in [1.807, 2.05) is 0 Å². The fraction of sp³-hybridized carbons (Fsp3) is 0.850. The first-order valence-electron chi connectivity index (χ1n) is 9.61. The summed E-state index contributed by atoms with van der Waals surface area (Å²) in [5.41, 5.74) is 5.92. The van der Waals surface area contributed by atoms with Crippen LogP contribution in [-0.4, -0.2) is 29.2 Å². The van der Waals surface area contributed by atoms with Crippen LogP contribution in [0.15, 0.2) is 0 Å². The van der Waals surface area contributed by atoms with Gasteiger partial charge in [0.2, 0.25) is 5.91 Å². The highest BCUT2D eigenvalue weighted by Crippen LogP contribution is 2.28. The number of carbonyl (C=O) groups is 1. The molecular weight excluding hydrogens is 300 g/mol. The molecule has 4 N–H and O–H groups in total. The highest BCUT2D eigenvalue weighted by Gasteiger charge is 2.27. The Kier molecular flexibility index (Phi) is 10.1. The van der Waals surface area contributed by atoms with Crippen molar-refractivity contribution in [3.8, 4) is 12.3 Å². The van der Waals surface area contributed by atoms with Crippen molar-refractivity contribution in [1.82, 2.24) is 5.32 Å². The van der Waals surface area contributed by atoms with Crippen LogP contribution in [-0.2, 0) is 4.79 Å². The van der Waals surface area contributed by atoms with E-state index in [2.05, 4.69) is 25.1 Å². The standard InChI is InChI=1S/C20H36N2O2/c1-4-5-11-17(21)20(24)22-18(19(23)13-12-15(2)3)14-16-9-7-6-8-10-16/h1,15-19,23H,5-14,21H2,2-3H3,(H,22,24)/t17-,18-,19-/m0/s1. The molecule has 1 aliphatic carbocycles. The number of carbonyl (C=O) groups excluding carboxylic acids is 1. The smallest absolute Gasteiger partial charge is 0.237 e. The number of nitrogens with one attached hydrogen (secondary N) is 1. The average molecular weight is 337 g/mol. The van der Waals surface area contributed by atoms with Crippen LogP contribution in [0.5, 0.6) is 0 Å². The van der Waals surface area contributed by atoms with Gasteiger partial charge >= 0.3 is 0 Å². The number of rotatable bonds is 10. The highest BCUT2D eigenvalue weighted by atomic mass is 16.3. The molecule has 0 aliphatic heterocycles. The lowest BCUT2D eigenvalue weighted by molar-refractivity contribution is -0.124. The van der Waals surface area contributed by atoms with Crippen molar-refractivity contribution in [2.24, 2.45) is 17.6 Å². The summed E-state index contributed by atoms with van der Waals surface area (Å²) in [6.45, 7) is 4.30. The lowest BCUT2D eigenvalue weighted by Crippen LogP contribution is -2.50. The summed E-state index contributed by atoms with van der Waals surface area (Å²) >= 11 is 0. The summed E-state index contributed by atoms with van der Waals surface area (Å²) in [6, 6.07) is -0.788. The molecule has 0 radical (unpaired) electrons. The quantitative estimate of drug-likeness (QED) is 0.537. The van der Waals surface area contributed by atoms with E-state index in [4.69, 9.17) is 12.2 Å². The molecule has 1 rings (SSSR count). The molecule has 1 saturated carbocycles. The zero-order valence-electron chi connectivity index (χ0n) is 15.5. The van der Waals surface area contributed by atoms with Gasteiger partial charge in [-0.3, -0.25) is 4.79 Å². The van der Waals surface area contributed by atoms with Crippen molar-refractivity contribution in [2.75, 3.05) is 0 Å². The molecule has 4 heteroatoms. The zero-order chi connectivity index (χ0) is 17.9. The Morgan fingerprint density at radius 3 is 2.50 bits per heavy atom. The first-order chi connectivity index (χ1) is 11.4. The lowest BCUT2D eigenvalue weighted by Gasteiger charge is -2.31. The summed E-state index contributed by atoms with van der Waals surface area (Å²) in [5.74, 6) is 3.48. The largest absolute Gasteiger partial charge is 0.391 e. The molecule has 1 aliphatic rings. The summed E-state index contributed by atoms with van der Waals surface area (Å²) in [7, 11) is 0. The third-order valence-corrected chi connectivity index (χ3v) is 5.08. The highest BCUT2D eigenvalue weighted by molar-refractivity contribution is 5.81. The minimum atomic E-state index is -0.591. The summed E-state index contributed by atoms with van der Waals surface area (Å²) < 4.78 is 0. The van der Waals surface area contributed by atoms with Crippen LogP contribution in [0.1, 0.15) is 78.1 Å². The van der Waals surface area contributed by atoms with Crippen LogP contribution >= 0.6 is 0 Å². The second-order valence-corrected chi connectivity index (χ2v) is 7.74. The SMILES string of the molecule is C#CCC[C@H](N)C(=O)N[C@@H](CC1CCCCC1)[C@@H](O)CCC(C)C. The van der Waals surface area contributed by atoms with E-state index in [1.165, 1.54) is 32.1 Å². The molecule has 0 aromatic heterocycles. The minimum absolute atomic E-state index is 0.186. The number of nitrogens with two attached hydrogens (primary N) is 1. The lowest BCUT2D eigenvalue weighted by atomic mass is 9.83. The second kappa shape index (κ2) is 11.5. The Morgan fingerprint density at radius 1 is 1.25 bits per heavy atom. The van der Waals surface area contributed by atoms with Crippen molar-refractivity contribution in [1.29, 1.82) is 0 Å².